The number of carbonyl (C=O) groups is 1. The molecule has 1 aliphatic rings. The zero-order valence-corrected chi connectivity index (χ0v) is 13.3. The molecule has 2 N–H and O–H groups in total. The van der Waals surface area contributed by atoms with Gasteiger partial charge in [0.05, 0.1) is 23.7 Å². The first-order chi connectivity index (χ1) is 10.2. The Bertz CT molecular complexity index is 588. The van der Waals surface area contributed by atoms with E-state index in [9.17, 15) is 4.79 Å². The van der Waals surface area contributed by atoms with Crippen molar-refractivity contribution in [1.29, 1.82) is 0 Å². The maximum absolute atomic E-state index is 10.9. The smallest absolute Gasteiger partial charge is 0.231 e. The van der Waals surface area contributed by atoms with Crippen LogP contribution in [0.2, 0.25) is 0 Å². The summed E-state index contributed by atoms with van der Waals surface area (Å²) in [6.45, 7) is 4.97. The van der Waals surface area contributed by atoms with Crippen molar-refractivity contribution in [2.45, 2.75) is 6.54 Å². The highest BCUT2D eigenvalue weighted by atomic mass is 32.1. The molecule has 1 fully saturated rings. The number of nitrogens with zero attached hydrogens (tertiary/aromatic N) is 3. The van der Waals surface area contributed by atoms with Gasteiger partial charge < -0.3 is 5.73 Å². The topological polar surface area (TPSA) is 62.5 Å². The third-order valence-electron chi connectivity index (χ3n) is 3.53. The van der Waals surface area contributed by atoms with E-state index in [0.717, 1.165) is 43.4 Å². The molecule has 0 spiro atoms. The molecule has 1 amide bonds. The SMILES string of the molecule is NC(=O)CN1CCN(Cc2nc(-c3cccs3)cs2)CC1. The van der Waals surface area contributed by atoms with Gasteiger partial charge in [-0.05, 0) is 11.4 Å². The molecule has 3 rings (SSSR count). The zero-order valence-electron chi connectivity index (χ0n) is 11.7. The van der Waals surface area contributed by atoms with Crippen LogP contribution in [0.1, 0.15) is 5.01 Å². The molecule has 0 atom stereocenters. The van der Waals surface area contributed by atoms with Gasteiger partial charge in [-0.3, -0.25) is 14.6 Å². The van der Waals surface area contributed by atoms with E-state index >= 15 is 0 Å². The molecule has 2 aromatic rings. The second kappa shape index (κ2) is 6.65. The highest BCUT2D eigenvalue weighted by Gasteiger charge is 2.19. The molecule has 5 nitrogen and oxygen atoms in total. The number of thiazole rings is 1. The van der Waals surface area contributed by atoms with E-state index < -0.39 is 0 Å². The Balaban J connectivity index is 1.53. The molecule has 1 aliphatic heterocycles. The Labute approximate surface area is 132 Å². The number of thiophene rings is 1. The van der Waals surface area contributed by atoms with Gasteiger partial charge in [0, 0.05) is 31.6 Å². The maximum atomic E-state index is 10.9. The van der Waals surface area contributed by atoms with Crippen molar-refractivity contribution in [3.63, 3.8) is 0 Å². The fourth-order valence-electron chi connectivity index (χ4n) is 2.44. The summed E-state index contributed by atoms with van der Waals surface area (Å²) < 4.78 is 0. The zero-order chi connectivity index (χ0) is 14.7. The molecule has 0 aromatic carbocycles. The van der Waals surface area contributed by atoms with Gasteiger partial charge in [0.1, 0.15) is 5.01 Å². The van der Waals surface area contributed by atoms with E-state index in [0.29, 0.717) is 6.54 Å². The van der Waals surface area contributed by atoms with Gasteiger partial charge in [-0.2, -0.15) is 0 Å². The first-order valence-electron chi connectivity index (χ1n) is 6.92. The van der Waals surface area contributed by atoms with Crippen LogP contribution in [0.3, 0.4) is 0 Å². The van der Waals surface area contributed by atoms with Crippen LogP contribution < -0.4 is 5.73 Å². The molecule has 7 heteroatoms. The summed E-state index contributed by atoms with van der Waals surface area (Å²) in [6, 6.07) is 4.16. The first kappa shape index (κ1) is 14.6. The molecular formula is C14H18N4OS2. The predicted molar refractivity (Wildman–Crippen MR) is 86.3 cm³/mol. The normalized spacial score (nSPS) is 17.1. The molecular weight excluding hydrogens is 304 g/mol. The monoisotopic (exact) mass is 322 g/mol. The van der Waals surface area contributed by atoms with Gasteiger partial charge in [0.15, 0.2) is 0 Å². The standard InChI is InChI=1S/C14H18N4OS2/c15-13(19)8-17-3-5-18(6-4-17)9-14-16-11(10-21-14)12-2-1-7-20-12/h1-2,7,10H,3-6,8-9H2,(H2,15,19). The third kappa shape index (κ3) is 3.88. The van der Waals surface area contributed by atoms with Crippen molar-refractivity contribution in [3.05, 3.63) is 27.9 Å². The quantitative estimate of drug-likeness (QED) is 0.905. The van der Waals surface area contributed by atoms with Crippen LogP contribution in [0.25, 0.3) is 10.6 Å². The van der Waals surface area contributed by atoms with Gasteiger partial charge in [0.25, 0.3) is 0 Å². The second-order valence-corrected chi connectivity index (χ2v) is 7.01. The van der Waals surface area contributed by atoms with E-state index in [-0.39, 0.29) is 5.91 Å². The van der Waals surface area contributed by atoms with Gasteiger partial charge in [-0.1, -0.05) is 6.07 Å². The van der Waals surface area contributed by atoms with Gasteiger partial charge in [0.2, 0.25) is 5.91 Å². The average molecular weight is 322 g/mol. The van der Waals surface area contributed by atoms with E-state index in [1.54, 1.807) is 22.7 Å². The lowest BCUT2D eigenvalue weighted by Crippen LogP contribution is -2.48. The number of primary amides is 1. The summed E-state index contributed by atoms with van der Waals surface area (Å²) >= 11 is 3.44. The Morgan fingerprint density at radius 1 is 1.24 bits per heavy atom. The maximum Gasteiger partial charge on any atom is 0.231 e. The number of hydrogen-bond donors (Lipinski definition) is 1. The molecule has 0 radical (unpaired) electrons. The highest BCUT2D eigenvalue weighted by Crippen LogP contribution is 2.26. The number of piperazine rings is 1. The Morgan fingerprint density at radius 3 is 2.67 bits per heavy atom. The van der Waals surface area contributed by atoms with Crippen LogP contribution in [0.5, 0.6) is 0 Å². The molecule has 0 aliphatic carbocycles. The van der Waals surface area contributed by atoms with Crippen molar-refractivity contribution in [2.75, 3.05) is 32.7 Å². The first-order valence-corrected chi connectivity index (χ1v) is 8.68. The van der Waals surface area contributed by atoms with E-state index in [1.165, 1.54) is 4.88 Å². The van der Waals surface area contributed by atoms with Crippen LogP contribution in [-0.2, 0) is 11.3 Å². The number of hydrogen-bond acceptors (Lipinski definition) is 6. The number of rotatable bonds is 5. The Hall–Kier alpha value is -1.28. The van der Waals surface area contributed by atoms with Crippen LogP contribution >= 0.6 is 22.7 Å². The highest BCUT2D eigenvalue weighted by molar-refractivity contribution is 7.14. The fraction of sp³-hybridized carbons (Fsp3) is 0.429. The number of carbonyl (C=O) groups excluding carboxylic acids is 1. The van der Waals surface area contributed by atoms with Crippen molar-refractivity contribution in [3.8, 4) is 10.6 Å². The van der Waals surface area contributed by atoms with Crippen molar-refractivity contribution >= 4 is 28.6 Å². The summed E-state index contributed by atoms with van der Waals surface area (Å²) in [5.74, 6) is -0.246. The fourth-order valence-corrected chi connectivity index (χ4v) is 4.03. The number of nitrogens with two attached hydrogens (primary N) is 1. The van der Waals surface area contributed by atoms with E-state index in [4.69, 9.17) is 10.7 Å². The Kier molecular flexibility index (Phi) is 4.64. The van der Waals surface area contributed by atoms with Crippen molar-refractivity contribution in [2.24, 2.45) is 5.73 Å². The minimum atomic E-state index is -0.246. The van der Waals surface area contributed by atoms with Crippen molar-refractivity contribution < 1.29 is 4.79 Å². The summed E-state index contributed by atoms with van der Waals surface area (Å²) in [5.41, 5.74) is 6.31. The molecule has 1 saturated heterocycles. The lowest BCUT2D eigenvalue weighted by Gasteiger charge is -2.33. The predicted octanol–water partition coefficient (Wildman–Crippen LogP) is 1.47. The molecule has 112 valence electrons. The minimum Gasteiger partial charge on any atom is -0.369 e. The lowest BCUT2D eigenvalue weighted by atomic mass is 10.3. The molecule has 2 aromatic heterocycles. The summed E-state index contributed by atoms with van der Waals surface area (Å²) in [7, 11) is 0. The summed E-state index contributed by atoms with van der Waals surface area (Å²) in [5, 5.41) is 5.36. The molecule has 0 bridgehead atoms. The summed E-state index contributed by atoms with van der Waals surface area (Å²) in [4.78, 5) is 21.3. The van der Waals surface area contributed by atoms with Crippen LogP contribution in [0, 0.1) is 0 Å². The summed E-state index contributed by atoms with van der Waals surface area (Å²) in [6.07, 6.45) is 0. The van der Waals surface area contributed by atoms with E-state index in [2.05, 4.69) is 32.7 Å². The average Bonchev–Trinajstić information content (AvgIpc) is 3.11. The third-order valence-corrected chi connectivity index (χ3v) is 5.25. The van der Waals surface area contributed by atoms with Crippen LogP contribution in [0.15, 0.2) is 22.9 Å². The number of amides is 1. The molecule has 21 heavy (non-hydrogen) atoms. The molecule has 0 saturated carbocycles. The Morgan fingerprint density at radius 2 is 2.00 bits per heavy atom. The second-order valence-electron chi connectivity index (χ2n) is 5.12. The van der Waals surface area contributed by atoms with Gasteiger partial charge in [-0.25, -0.2) is 4.98 Å². The van der Waals surface area contributed by atoms with Crippen molar-refractivity contribution in [1.82, 2.24) is 14.8 Å². The van der Waals surface area contributed by atoms with Crippen LogP contribution in [0.4, 0.5) is 0 Å². The lowest BCUT2D eigenvalue weighted by molar-refractivity contribution is -0.119. The van der Waals surface area contributed by atoms with Crippen LogP contribution in [-0.4, -0.2) is 53.4 Å². The van der Waals surface area contributed by atoms with Gasteiger partial charge >= 0.3 is 0 Å². The van der Waals surface area contributed by atoms with Gasteiger partial charge in [-0.15, -0.1) is 22.7 Å². The number of aromatic nitrogens is 1. The largest absolute Gasteiger partial charge is 0.369 e. The molecule has 3 heterocycles. The van der Waals surface area contributed by atoms with E-state index in [1.807, 2.05) is 0 Å². The minimum absolute atomic E-state index is 0.246. The molecule has 0 unspecified atom stereocenters.